The van der Waals surface area contributed by atoms with Crippen LogP contribution in [-0.4, -0.2) is 20.7 Å². The molecule has 0 amide bonds. The molecule has 3 rings (SSSR count). The Hall–Kier alpha value is -2.50. The molecule has 3 aromatic rings. The van der Waals surface area contributed by atoms with Crippen molar-refractivity contribution in [1.29, 1.82) is 0 Å². The number of nitrogens with one attached hydrogen (secondary N) is 1. The molecule has 0 fully saturated rings. The first-order chi connectivity index (χ1) is 8.33. The number of fused-ring (bicyclic) bond motifs is 1. The van der Waals surface area contributed by atoms with Crippen molar-refractivity contribution in [3.63, 3.8) is 0 Å². The minimum Gasteiger partial charge on any atom is -0.463 e. The molecule has 0 atom stereocenters. The van der Waals surface area contributed by atoms with Crippen LogP contribution < -0.4 is 0 Å². The second kappa shape index (κ2) is 3.82. The topological polar surface area (TPSA) is 73.1 Å². The van der Waals surface area contributed by atoms with E-state index in [1.807, 2.05) is 0 Å². The van der Waals surface area contributed by atoms with Crippen LogP contribution in [0.25, 0.3) is 11.1 Å². The third-order valence-electron chi connectivity index (χ3n) is 2.35. The normalized spacial score (nSPS) is 10.8. The van der Waals surface area contributed by atoms with Crippen LogP contribution in [0.4, 0.5) is 0 Å². The Morgan fingerprint density at radius 3 is 3.29 bits per heavy atom. The predicted octanol–water partition coefficient (Wildman–Crippen LogP) is 1.77. The first-order valence-electron chi connectivity index (χ1n) is 5.04. The van der Waals surface area contributed by atoms with Gasteiger partial charge in [0.05, 0.1) is 11.8 Å². The van der Waals surface area contributed by atoms with Crippen molar-refractivity contribution in [1.82, 2.24) is 14.8 Å². The van der Waals surface area contributed by atoms with Crippen LogP contribution in [0.3, 0.4) is 0 Å². The third kappa shape index (κ3) is 1.80. The number of hydrogen-bond acceptors (Lipinski definition) is 4. The molecule has 0 spiro atoms. The van der Waals surface area contributed by atoms with Gasteiger partial charge in [0.2, 0.25) is 0 Å². The molecule has 1 N–H and O–H groups in total. The van der Waals surface area contributed by atoms with Crippen LogP contribution in [0.5, 0.6) is 0 Å². The fourth-order valence-electron chi connectivity index (χ4n) is 1.54. The SMILES string of the molecule is O=C(OCn1cccn1)c1cc2occc2[nH]1. The van der Waals surface area contributed by atoms with Crippen molar-refractivity contribution in [2.75, 3.05) is 0 Å². The van der Waals surface area contributed by atoms with Crippen LogP contribution in [0.2, 0.25) is 0 Å². The van der Waals surface area contributed by atoms with Crippen LogP contribution >= 0.6 is 0 Å². The Bertz CT molecular complexity index is 607. The molecule has 0 aliphatic carbocycles. The molecule has 0 radical (unpaired) electrons. The lowest BCUT2D eigenvalue weighted by molar-refractivity contribution is 0.0344. The average molecular weight is 231 g/mol. The summed E-state index contributed by atoms with van der Waals surface area (Å²) in [5, 5.41) is 3.93. The quantitative estimate of drug-likeness (QED) is 0.697. The largest absolute Gasteiger partial charge is 0.463 e. The van der Waals surface area contributed by atoms with Gasteiger partial charge in [-0.05, 0) is 6.07 Å². The molecule has 86 valence electrons. The van der Waals surface area contributed by atoms with Gasteiger partial charge < -0.3 is 14.1 Å². The van der Waals surface area contributed by atoms with Crippen molar-refractivity contribution in [3.8, 4) is 0 Å². The van der Waals surface area contributed by atoms with E-state index in [-0.39, 0.29) is 6.73 Å². The number of ether oxygens (including phenoxy) is 1. The second-order valence-corrected chi connectivity index (χ2v) is 3.49. The van der Waals surface area contributed by atoms with E-state index < -0.39 is 5.97 Å². The highest BCUT2D eigenvalue weighted by molar-refractivity contribution is 5.92. The molecule has 6 nitrogen and oxygen atoms in total. The molecular formula is C11H9N3O3. The zero-order valence-corrected chi connectivity index (χ0v) is 8.79. The zero-order chi connectivity index (χ0) is 11.7. The number of H-pyrrole nitrogens is 1. The van der Waals surface area contributed by atoms with E-state index in [1.54, 1.807) is 36.9 Å². The van der Waals surface area contributed by atoms with Gasteiger partial charge in [-0.2, -0.15) is 5.10 Å². The van der Waals surface area contributed by atoms with Gasteiger partial charge in [0.25, 0.3) is 0 Å². The number of carbonyl (C=O) groups is 1. The van der Waals surface area contributed by atoms with E-state index in [4.69, 9.17) is 9.15 Å². The number of nitrogens with zero attached hydrogens (tertiary/aromatic N) is 2. The van der Waals surface area contributed by atoms with Crippen LogP contribution in [-0.2, 0) is 11.5 Å². The number of furan rings is 1. The fraction of sp³-hybridized carbons (Fsp3) is 0.0909. The van der Waals surface area contributed by atoms with E-state index in [0.717, 1.165) is 5.52 Å². The van der Waals surface area contributed by atoms with Gasteiger partial charge in [-0.15, -0.1) is 0 Å². The Kier molecular flexibility index (Phi) is 2.18. The summed E-state index contributed by atoms with van der Waals surface area (Å²) in [5.41, 5.74) is 1.78. The monoisotopic (exact) mass is 231 g/mol. The van der Waals surface area contributed by atoms with Gasteiger partial charge in [0.15, 0.2) is 12.3 Å². The van der Waals surface area contributed by atoms with Crippen molar-refractivity contribution in [2.45, 2.75) is 6.73 Å². The third-order valence-corrected chi connectivity index (χ3v) is 2.35. The minimum atomic E-state index is -0.438. The minimum absolute atomic E-state index is 0.0895. The van der Waals surface area contributed by atoms with Crippen LogP contribution in [0.1, 0.15) is 10.5 Å². The first-order valence-corrected chi connectivity index (χ1v) is 5.04. The summed E-state index contributed by atoms with van der Waals surface area (Å²) in [6, 6.07) is 5.12. The van der Waals surface area contributed by atoms with E-state index in [1.165, 1.54) is 4.68 Å². The molecule has 6 heteroatoms. The average Bonchev–Trinajstić information content (AvgIpc) is 3.01. The highest BCUT2D eigenvalue weighted by Crippen LogP contribution is 2.16. The molecule has 17 heavy (non-hydrogen) atoms. The number of aromatic amines is 1. The molecule has 0 bridgehead atoms. The molecule has 0 saturated heterocycles. The highest BCUT2D eigenvalue weighted by Gasteiger charge is 2.12. The number of esters is 1. The van der Waals surface area contributed by atoms with Gasteiger partial charge in [-0.25, -0.2) is 9.48 Å². The molecule has 3 aromatic heterocycles. The zero-order valence-electron chi connectivity index (χ0n) is 8.79. The Labute approximate surface area is 95.8 Å². The Morgan fingerprint density at radius 2 is 2.53 bits per heavy atom. The first kappa shape index (κ1) is 9.71. The number of aromatic nitrogens is 3. The molecule has 0 unspecified atom stereocenters. The second-order valence-electron chi connectivity index (χ2n) is 3.49. The van der Waals surface area contributed by atoms with Gasteiger partial charge in [-0.3, -0.25) is 0 Å². The van der Waals surface area contributed by atoms with Crippen LogP contribution in [0, 0.1) is 0 Å². The predicted molar refractivity (Wildman–Crippen MR) is 58.2 cm³/mol. The molecule has 0 saturated carbocycles. The summed E-state index contributed by atoms with van der Waals surface area (Å²) in [7, 11) is 0. The lowest BCUT2D eigenvalue weighted by Crippen LogP contribution is -2.10. The summed E-state index contributed by atoms with van der Waals surface area (Å²) >= 11 is 0. The fourth-order valence-corrected chi connectivity index (χ4v) is 1.54. The van der Waals surface area contributed by atoms with Crippen LogP contribution in [0.15, 0.2) is 41.3 Å². The van der Waals surface area contributed by atoms with Crippen molar-refractivity contribution in [3.05, 3.63) is 42.5 Å². The molecule has 0 aliphatic rings. The highest BCUT2D eigenvalue weighted by atomic mass is 16.5. The van der Waals surface area contributed by atoms with Crippen molar-refractivity contribution in [2.24, 2.45) is 0 Å². The molecule has 0 aromatic carbocycles. The van der Waals surface area contributed by atoms with E-state index in [9.17, 15) is 4.79 Å². The van der Waals surface area contributed by atoms with Crippen molar-refractivity contribution >= 4 is 17.1 Å². The summed E-state index contributed by atoms with van der Waals surface area (Å²) in [4.78, 5) is 14.6. The molecule has 0 aliphatic heterocycles. The molecule has 3 heterocycles. The Morgan fingerprint density at radius 1 is 1.59 bits per heavy atom. The Balaban J connectivity index is 1.72. The number of carbonyl (C=O) groups excluding carboxylic acids is 1. The molecular weight excluding hydrogens is 222 g/mol. The lowest BCUT2D eigenvalue weighted by Gasteiger charge is -2.02. The van der Waals surface area contributed by atoms with Gasteiger partial charge >= 0.3 is 5.97 Å². The maximum absolute atomic E-state index is 11.7. The number of hydrogen-bond donors (Lipinski definition) is 1. The smallest absolute Gasteiger partial charge is 0.356 e. The standard InChI is InChI=1S/C11H9N3O3/c15-11(17-7-14-4-1-3-12-14)9-6-10-8(13-9)2-5-16-10/h1-6,13H,7H2. The maximum Gasteiger partial charge on any atom is 0.356 e. The van der Waals surface area contributed by atoms with Crippen molar-refractivity contribution < 1.29 is 13.9 Å². The maximum atomic E-state index is 11.7. The van der Waals surface area contributed by atoms with Gasteiger partial charge in [-0.1, -0.05) is 0 Å². The summed E-state index contributed by atoms with van der Waals surface area (Å²) in [6.07, 6.45) is 4.89. The van der Waals surface area contributed by atoms with Gasteiger partial charge in [0.1, 0.15) is 5.69 Å². The summed E-state index contributed by atoms with van der Waals surface area (Å²) < 4.78 is 11.7. The van der Waals surface area contributed by atoms with Gasteiger partial charge in [0, 0.05) is 24.5 Å². The summed E-state index contributed by atoms with van der Waals surface area (Å²) in [6.45, 7) is 0.0895. The lowest BCUT2D eigenvalue weighted by atomic mass is 10.4. The number of rotatable bonds is 3. The van der Waals surface area contributed by atoms with E-state index in [2.05, 4.69) is 10.1 Å². The van der Waals surface area contributed by atoms with E-state index >= 15 is 0 Å². The summed E-state index contributed by atoms with van der Waals surface area (Å²) in [5.74, 6) is -0.438. The van der Waals surface area contributed by atoms with E-state index in [0.29, 0.717) is 11.3 Å².